The molecule has 2 aliphatic heterocycles. The van der Waals surface area contributed by atoms with Crippen LogP contribution < -0.4 is 31.5 Å². The van der Waals surface area contributed by atoms with Crippen LogP contribution in [0, 0.1) is 12.8 Å². The van der Waals surface area contributed by atoms with E-state index in [1.165, 1.54) is 54.7 Å². The molecule has 310 valence electrons. The fourth-order valence-corrected chi connectivity index (χ4v) is 9.41. The minimum absolute atomic E-state index is 0.163. The molecular weight excluding hydrogens is 719 g/mol. The molecular formula is C47H67N11. The van der Waals surface area contributed by atoms with Crippen LogP contribution in [0.3, 0.4) is 0 Å². The third kappa shape index (κ3) is 8.65. The molecule has 58 heavy (non-hydrogen) atoms. The van der Waals surface area contributed by atoms with Crippen molar-refractivity contribution in [2.45, 2.75) is 97.9 Å². The van der Waals surface area contributed by atoms with Crippen molar-refractivity contribution >= 4 is 45.4 Å². The average Bonchev–Trinajstić information content (AvgIpc) is 4.01. The summed E-state index contributed by atoms with van der Waals surface area (Å²) in [4.78, 5) is 12.5. The highest BCUT2D eigenvalue weighted by Crippen LogP contribution is 2.44. The number of rotatable bonds is 14. The van der Waals surface area contributed by atoms with Crippen molar-refractivity contribution in [3.8, 4) is 0 Å². The molecule has 0 spiro atoms. The standard InChI is InChI=1S/C47H67N11/c1-9-55(31-36-18-14-15-19-36)25-22-50-34(5)40-28-38-21-13-11-12-20-37-27-39(33(4)48)29-41-44(37)56(46(49-7)52-41)23-16-17-24-57-45(38)43(30-40)54(8)47(57)51-35(6)42-26-32(3)53-58(42)10-2/h16-17,26-30,36,47,50-51H,4-6,9-15,18-25,31,48H2,1-3,7-8H3,(H,49,52)/b17-16+. The zero-order chi connectivity index (χ0) is 40.9. The van der Waals surface area contributed by atoms with Crippen LogP contribution >= 0.6 is 0 Å². The summed E-state index contributed by atoms with van der Waals surface area (Å²) in [5.74, 6) is 1.69. The maximum Gasteiger partial charge on any atom is 0.203 e. The Bertz CT molecular complexity index is 2150. The van der Waals surface area contributed by atoms with Crippen molar-refractivity contribution < 1.29 is 0 Å². The fraction of sp³-hybridized carbons (Fsp3) is 0.489. The molecule has 0 amide bonds. The van der Waals surface area contributed by atoms with Crippen molar-refractivity contribution in [3.05, 3.63) is 95.9 Å². The summed E-state index contributed by atoms with van der Waals surface area (Å²) in [7, 11) is 4.14. The molecule has 5 N–H and O–H groups in total. The first-order chi connectivity index (χ1) is 28.1. The summed E-state index contributed by atoms with van der Waals surface area (Å²) < 4.78 is 4.32. The molecule has 1 unspecified atom stereocenters. The summed E-state index contributed by atoms with van der Waals surface area (Å²) >= 11 is 0. The van der Waals surface area contributed by atoms with Gasteiger partial charge in [-0.1, -0.05) is 58.1 Å². The van der Waals surface area contributed by atoms with Gasteiger partial charge in [0.1, 0.15) is 0 Å². The number of nitrogens with two attached hydrogens (primary N) is 1. The van der Waals surface area contributed by atoms with Crippen molar-refractivity contribution in [3.63, 3.8) is 0 Å². The molecule has 7 rings (SSSR count). The number of nitrogens with zero attached hydrogens (tertiary/aromatic N) is 7. The van der Waals surface area contributed by atoms with Crippen LogP contribution in [0.2, 0.25) is 0 Å². The number of hydrogen-bond donors (Lipinski definition) is 4. The second-order valence-corrected chi connectivity index (χ2v) is 16.6. The molecule has 11 nitrogen and oxygen atoms in total. The number of imidazole rings is 1. The van der Waals surface area contributed by atoms with E-state index in [0.717, 1.165) is 115 Å². The number of hydrogen-bond acceptors (Lipinski definition) is 9. The smallest absolute Gasteiger partial charge is 0.203 e. The third-order valence-corrected chi connectivity index (χ3v) is 12.5. The molecule has 1 saturated carbocycles. The van der Waals surface area contributed by atoms with Gasteiger partial charge in [0, 0.05) is 64.8 Å². The summed E-state index contributed by atoms with van der Waals surface area (Å²) in [5.41, 5.74) is 19.9. The highest BCUT2D eigenvalue weighted by atomic mass is 15.5. The quantitative estimate of drug-likeness (QED) is 0.0949. The third-order valence-electron chi connectivity index (χ3n) is 12.5. The summed E-state index contributed by atoms with van der Waals surface area (Å²) in [6.45, 7) is 26.0. The van der Waals surface area contributed by atoms with Gasteiger partial charge in [0.05, 0.1) is 39.5 Å². The van der Waals surface area contributed by atoms with E-state index in [0.29, 0.717) is 18.8 Å². The van der Waals surface area contributed by atoms with E-state index in [4.69, 9.17) is 15.8 Å². The number of nitrogens with one attached hydrogen (secondary N) is 3. The van der Waals surface area contributed by atoms with Crippen LogP contribution in [0.5, 0.6) is 0 Å². The van der Waals surface area contributed by atoms with Gasteiger partial charge in [-0.25, -0.2) is 4.98 Å². The zero-order valence-corrected chi connectivity index (χ0v) is 35.8. The lowest BCUT2D eigenvalue weighted by Crippen LogP contribution is -2.51. The second kappa shape index (κ2) is 18.2. The monoisotopic (exact) mass is 786 g/mol. The normalized spacial score (nSPS) is 17.9. The molecule has 0 radical (unpaired) electrons. The number of allylic oxidation sites excluding steroid dienone is 1. The van der Waals surface area contributed by atoms with Crippen LogP contribution in [0.15, 0.2) is 62.2 Å². The summed E-state index contributed by atoms with van der Waals surface area (Å²) in [5, 5.41) is 15.7. The molecule has 4 aromatic rings. The van der Waals surface area contributed by atoms with Crippen LogP contribution in [0.1, 0.15) is 92.4 Å². The Morgan fingerprint density at radius 2 is 1.66 bits per heavy atom. The van der Waals surface area contributed by atoms with Gasteiger partial charge in [0.2, 0.25) is 5.95 Å². The highest BCUT2D eigenvalue weighted by molar-refractivity contribution is 5.87. The zero-order valence-electron chi connectivity index (χ0n) is 35.8. The molecule has 1 aliphatic carbocycles. The minimum Gasteiger partial charge on any atom is -0.399 e. The number of benzene rings is 2. The van der Waals surface area contributed by atoms with Crippen molar-refractivity contribution in [1.29, 1.82) is 0 Å². The number of anilines is 3. The Labute approximate surface area is 346 Å². The van der Waals surface area contributed by atoms with Crippen molar-refractivity contribution in [2.24, 2.45) is 11.7 Å². The Morgan fingerprint density at radius 1 is 0.914 bits per heavy atom. The molecule has 2 aromatic heterocycles. The van der Waals surface area contributed by atoms with Crippen LogP contribution in [0.25, 0.3) is 28.1 Å². The number of aryl methyl sites for hydroxylation is 4. The molecule has 0 bridgehead atoms. The first-order valence-corrected chi connectivity index (χ1v) is 21.7. The largest absolute Gasteiger partial charge is 0.399 e. The Morgan fingerprint density at radius 3 is 2.38 bits per heavy atom. The molecule has 0 saturated heterocycles. The molecule has 4 heterocycles. The van der Waals surface area contributed by atoms with Crippen LogP contribution in [-0.4, -0.2) is 77.3 Å². The second-order valence-electron chi connectivity index (χ2n) is 16.6. The van der Waals surface area contributed by atoms with E-state index in [9.17, 15) is 0 Å². The van der Waals surface area contributed by atoms with E-state index in [-0.39, 0.29) is 6.29 Å². The summed E-state index contributed by atoms with van der Waals surface area (Å²) in [6, 6.07) is 11.1. The van der Waals surface area contributed by atoms with Gasteiger partial charge in [-0.2, -0.15) is 5.10 Å². The summed E-state index contributed by atoms with van der Waals surface area (Å²) in [6.07, 6.45) is 15.1. The molecule has 3 aliphatic rings. The van der Waals surface area contributed by atoms with Crippen LogP contribution in [0.4, 0.5) is 17.3 Å². The SMILES string of the molecule is C=C(N)c1cc2c3c(c1)nc(NC)n3C/C=C/CN1c3c(cc(C(=C)NCCN(CC)CC4CCCC4)cc3N(C)C1NC(=C)c1cc(C)nn1CC)CCCCC2. The minimum atomic E-state index is -0.163. The van der Waals surface area contributed by atoms with Crippen molar-refractivity contribution in [2.75, 3.05) is 61.9 Å². The number of likely N-dealkylation sites (N-methyl/N-ethyl adjacent to an activating group) is 1. The van der Waals surface area contributed by atoms with Gasteiger partial charge in [0.25, 0.3) is 0 Å². The maximum absolute atomic E-state index is 6.24. The topological polar surface area (TPSA) is 107 Å². The lowest BCUT2D eigenvalue weighted by atomic mass is 9.97. The van der Waals surface area contributed by atoms with Crippen molar-refractivity contribution in [1.82, 2.24) is 34.9 Å². The molecule has 1 fully saturated rings. The Balaban J connectivity index is 1.21. The van der Waals surface area contributed by atoms with Crippen LogP contribution in [-0.2, 0) is 25.9 Å². The van der Waals surface area contributed by atoms with Gasteiger partial charge in [-0.05, 0) is 117 Å². The van der Waals surface area contributed by atoms with Gasteiger partial charge >= 0.3 is 0 Å². The Hall–Kier alpha value is -5.16. The van der Waals surface area contributed by atoms with E-state index >= 15 is 0 Å². The number of aromatic nitrogens is 4. The fourth-order valence-electron chi connectivity index (χ4n) is 9.41. The van der Waals surface area contributed by atoms with Gasteiger partial charge < -0.3 is 41.0 Å². The van der Waals surface area contributed by atoms with E-state index in [1.807, 2.05) is 18.7 Å². The first-order valence-electron chi connectivity index (χ1n) is 21.7. The first kappa shape index (κ1) is 41.0. The van der Waals surface area contributed by atoms with E-state index < -0.39 is 0 Å². The maximum atomic E-state index is 6.24. The van der Waals surface area contributed by atoms with Gasteiger partial charge in [-0.15, -0.1) is 0 Å². The van der Waals surface area contributed by atoms with Gasteiger partial charge in [-0.3, -0.25) is 4.68 Å². The van der Waals surface area contributed by atoms with E-state index in [1.54, 1.807) is 0 Å². The highest BCUT2D eigenvalue weighted by Gasteiger charge is 2.36. The van der Waals surface area contributed by atoms with Gasteiger partial charge in [0.15, 0.2) is 6.29 Å². The Kier molecular flexibility index (Phi) is 12.9. The van der Waals surface area contributed by atoms with E-state index in [2.05, 4.69) is 118 Å². The average molecular weight is 786 g/mol. The lowest BCUT2D eigenvalue weighted by Gasteiger charge is -2.32. The molecule has 2 aromatic carbocycles. The predicted molar refractivity (Wildman–Crippen MR) is 245 cm³/mol. The lowest BCUT2D eigenvalue weighted by molar-refractivity contribution is 0.245. The molecule has 1 atom stereocenters. The predicted octanol–water partition coefficient (Wildman–Crippen LogP) is 7.93. The molecule has 11 heteroatoms.